The molecule has 2 aliphatic heterocycles. The molecule has 2 heteroatoms. The molecule has 0 aromatic heterocycles. The van der Waals surface area contributed by atoms with E-state index in [0.717, 1.165) is 6.04 Å². The maximum atomic E-state index is 2.92. The summed E-state index contributed by atoms with van der Waals surface area (Å²) in [7, 11) is 0. The van der Waals surface area contributed by atoms with Gasteiger partial charge in [0.2, 0.25) is 0 Å². The molecule has 0 saturated carbocycles. The van der Waals surface area contributed by atoms with Crippen LogP contribution >= 0.6 is 0 Å². The van der Waals surface area contributed by atoms with E-state index in [1.54, 1.807) is 0 Å². The number of hydrogen-bond acceptors (Lipinski definition) is 2. The number of rotatable bonds is 20. The van der Waals surface area contributed by atoms with Gasteiger partial charge in [0.25, 0.3) is 0 Å². The lowest BCUT2D eigenvalue weighted by atomic mass is 9.71. The van der Waals surface area contributed by atoms with Gasteiger partial charge in [-0.2, -0.15) is 0 Å². The van der Waals surface area contributed by atoms with Crippen LogP contribution in [0.25, 0.3) is 0 Å². The first-order valence-electron chi connectivity index (χ1n) is 15.2. The van der Waals surface area contributed by atoms with Gasteiger partial charge in [-0.25, -0.2) is 0 Å². The Labute approximate surface area is 203 Å². The highest BCUT2D eigenvalue weighted by molar-refractivity contribution is 5.00. The molecule has 0 amide bonds. The molecule has 0 aromatic carbocycles. The lowest BCUT2D eigenvalue weighted by Gasteiger charge is -2.57. The molecule has 2 rings (SSSR count). The van der Waals surface area contributed by atoms with E-state index in [2.05, 4.69) is 30.6 Å². The summed E-state index contributed by atoms with van der Waals surface area (Å²) >= 11 is 0. The quantitative estimate of drug-likeness (QED) is 0.172. The van der Waals surface area contributed by atoms with Crippen molar-refractivity contribution in [3.05, 3.63) is 0 Å². The minimum absolute atomic E-state index is 0.695. The minimum Gasteiger partial charge on any atom is -0.303 e. The molecule has 0 aromatic rings. The zero-order chi connectivity index (χ0) is 22.9. The molecule has 0 radical (unpaired) electrons. The minimum atomic E-state index is 0.695. The van der Waals surface area contributed by atoms with Crippen LogP contribution in [0.5, 0.6) is 0 Å². The number of likely N-dealkylation sites (tertiary alicyclic amines) is 2. The van der Waals surface area contributed by atoms with Gasteiger partial charge in [-0.1, -0.05) is 117 Å². The van der Waals surface area contributed by atoms with Gasteiger partial charge in [-0.05, 0) is 57.2 Å². The van der Waals surface area contributed by atoms with Crippen LogP contribution in [0.15, 0.2) is 0 Å². The van der Waals surface area contributed by atoms with Crippen LogP contribution in [0.1, 0.15) is 149 Å². The Balaban J connectivity index is 1.65. The molecule has 0 N–H and O–H groups in total. The van der Waals surface area contributed by atoms with E-state index in [1.165, 1.54) is 161 Å². The fourth-order valence-corrected chi connectivity index (χ4v) is 6.23. The molecule has 32 heavy (non-hydrogen) atoms. The first-order valence-corrected chi connectivity index (χ1v) is 15.2. The maximum Gasteiger partial charge on any atom is 0.00957 e. The van der Waals surface area contributed by atoms with Gasteiger partial charge in [0, 0.05) is 19.1 Å². The van der Waals surface area contributed by atoms with Crippen LogP contribution in [-0.2, 0) is 0 Å². The van der Waals surface area contributed by atoms with Crippen LogP contribution < -0.4 is 0 Å². The van der Waals surface area contributed by atoms with Crippen LogP contribution in [0.4, 0.5) is 0 Å². The molecule has 0 aliphatic carbocycles. The molecule has 2 aliphatic rings. The number of nitrogens with zero attached hydrogens (tertiary/aromatic N) is 2. The number of piperidine rings is 1. The van der Waals surface area contributed by atoms with Crippen LogP contribution in [0.2, 0.25) is 0 Å². The number of unbranched alkanes of at least 4 members (excludes halogenated alkanes) is 13. The Hall–Kier alpha value is -0.0800. The third-order valence-corrected chi connectivity index (χ3v) is 8.62. The standard InChI is InChI=1S/C30H60N2/c1-4-7-10-13-15-18-21-29(20-17-14-11-8-5-2)32-27-30(28-32)22-25-31(26-23-30)24-19-16-12-9-6-3/h29H,4-28H2,1-3H3. The van der Waals surface area contributed by atoms with E-state index in [-0.39, 0.29) is 0 Å². The average Bonchev–Trinajstić information content (AvgIpc) is 2.79. The molecule has 1 spiro atoms. The predicted molar refractivity (Wildman–Crippen MR) is 144 cm³/mol. The van der Waals surface area contributed by atoms with Crippen molar-refractivity contribution in [3.8, 4) is 0 Å². The SMILES string of the molecule is CCCCCCCCC(CCCCCCC)N1CC2(CCN(CCCCCCC)CC2)C1. The summed E-state index contributed by atoms with van der Waals surface area (Å²) in [4.78, 5) is 5.70. The van der Waals surface area contributed by atoms with Crippen molar-refractivity contribution in [2.24, 2.45) is 5.41 Å². The van der Waals surface area contributed by atoms with E-state index in [1.807, 2.05) is 0 Å². The van der Waals surface area contributed by atoms with Gasteiger partial charge in [0.15, 0.2) is 0 Å². The van der Waals surface area contributed by atoms with Gasteiger partial charge in [-0.15, -0.1) is 0 Å². The smallest absolute Gasteiger partial charge is 0.00957 e. The van der Waals surface area contributed by atoms with Gasteiger partial charge in [-0.3, -0.25) is 4.90 Å². The second-order valence-electron chi connectivity index (χ2n) is 11.6. The maximum absolute atomic E-state index is 2.92. The lowest BCUT2D eigenvalue weighted by molar-refractivity contribution is -0.0732. The lowest BCUT2D eigenvalue weighted by Crippen LogP contribution is -2.63. The highest BCUT2D eigenvalue weighted by Gasteiger charge is 2.46. The first-order chi connectivity index (χ1) is 15.7. The summed E-state index contributed by atoms with van der Waals surface area (Å²) in [5, 5.41) is 0. The monoisotopic (exact) mass is 448 g/mol. The van der Waals surface area contributed by atoms with Crippen molar-refractivity contribution in [2.75, 3.05) is 32.7 Å². The molecule has 190 valence electrons. The second kappa shape index (κ2) is 17.4. The van der Waals surface area contributed by atoms with Crippen molar-refractivity contribution in [2.45, 2.75) is 155 Å². The normalized spacial score (nSPS) is 20.0. The summed E-state index contributed by atoms with van der Waals surface area (Å²) in [6.45, 7) is 13.9. The molecule has 1 atom stereocenters. The third kappa shape index (κ3) is 10.9. The highest BCUT2D eigenvalue weighted by atomic mass is 15.2. The van der Waals surface area contributed by atoms with Crippen molar-refractivity contribution >= 4 is 0 Å². The van der Waals surface area contributed by atoms with E-state index >= 15 is 0 Å². The van der Waals surface area contributed by atoms with E-state index in [9.17, 15) is 0 Å². The summed E-state index contributed by atoms with van der Waals surface area (Å²) in [6, 6.07) is 0.894. The fraction of sp³-hybridized carbons (Fsp3) is 1.00. The summed E-state index contributed by atoms with van der Waals surface area (Å²) < 4.78 is 0. The van der Waals surface area contributed by atoms with E-state index in [0.29, 0.717) is 5.41 Å². The molecule has 2 nitrogen and oxygen atoms in total. The van der Waals surface area contributed by atoms with Crippen molar-refractivity contribution in [1.82, 2.24) is 9.80 Å². The summed E-state index contributed by atoms with van der Waals surface area (Å²) in [6.07, 6.45) is 28.9. The Morgan fingerprint density at radius 1 is 0.562 bits per heavy atom. The molecule has 2 heterocycles. The zero-order valence-corrected chi connectivity index (χ0v) is 22.6. The molecule has 2 fully saturated rings. The van der Waals surface area contributed by atoms with Crippen molar-refractivity contribution in [3.63, 3.8) is 0 Å². The van der Waals surface area contributed by atoms with Crippen molar-refractivity contribution in [1.29, 1.82) is 0 Å². The first kappa shape index (κ1) is 28.2. The van der Waals surface area contributed by atoms with E-state index < -0.39 is 0 Å². The largest absolute Gasteiger partial charge is 0.303 e. The second-order valence-corrected chi connectivity index (χ2v) is 11.6. The molecule has 1 unspecified atom stereocenters. The van der Waals surface area contributed by atoms with E-state index in [4.69, 9.17) is 0 Å². The Morgan fingerprint density at radius 3 is 1.50 bits per heavy atom. The Bertz CT molecular complexity index is 419. The average molecular weight is 449 g/mol. The third-order valence-electron chi connectivity index (χ3n) is 8.62. The van der Waals surface area contributed by atoms with Crippen molar-refractivity contribution < 1.29 is 0 Å². The Kier molecular flexibility index (Phi) is 15.3. The van der Waals surface area contributed by atoms with Crippen LogP contribution in [0, 0.1) is 5.41 Å². The van der Waals surface area contributed by atoms with Gasteiger partial charge < -0.3 is 4.90 Å². The van der Waals surface area contributed by atoms with Gasteiger partial charge >= 0.3 is 0 Å². The van der Waals surface area contributed by atoms with Gasteiger partial charge in [0.05, 0.1) is 0 Å². The number of hydrogen-bond donors (Lipinski definition) is 0. The van der Waals surface area contributed by atoms with Crippen LogP contribution in [0.3, 0.4) is 0 Å². The predicted octanol–water partition coefficient (Wildman–Crippen LogP) is 8.83. The zero-order valence-electron chi connectivity index (χ0n) is 22.6. The highest BCUT2D eigenvalue weighted by Crippen LogP contribution is 2.42. The van der Waals surface area contributed by atoms with Crippen LogP contribution in [-0.4, -0.2) is 48.6 Å². The Morgan fingerprint density at radius 2 is 1.00 bits per heavy atom. The van der Waals surface area contributed by atoms with Gasteiger partial charge in [0.1, 0.15) is 0 Å². The summed E-state index contributed by atoms with van der Waals surface area (Å²) in [5.74, 6) is 0. The summed E-state index contributed by atoms with van der Waals surface area (Å²) in [5.41, 5.74) is 0.695. The fourth-order valence-electron chi connectivity index (χ4n) is 6.23. The molecule has 2 saturated heterocycles. The topological polar surface area (TPSA) is 6.48 Å². The molecule has 0 bridgehead atoms. The molecular formula is C30H60N2. The molecular weight excluding hydrogens is 388 g/mol.